The molecule has 0 aromatic rings. The average molecular weight is 253 g/mol. The molecule has 1 heterocycles. The first-order valence-corrected chi connectivity index (χ1v) is 7.91. The Bertz CT molecular complexity index is 234. The summed E-state index contributed by atoms with van der Waals surface area (Å²) in [6, 6.07) is 0. The van der Waals surface area contributed by atoms with Crippen molar-refractivity contribution in [3.05, 3.63) is 0 Å². The fourth-order valence-corrected chi connectivity index (χ4v) is 4.41. The minimum Gasteiger partial charge on any atom is -0.317 e. The predicted octanol–water partition coefficient (Wildman–Crippen LogP) is 4.86. The lowest BCUT2D eigenvalue weighted by atomic mass is 9.67. The molecule has 0 radical (unpaired) electrons. The van der Waals surface area contributed by atoms with Gasteiger partial charge in [-0.1, -0.05) is 41.5 Å². The van der Waals surface area contributed by atoms with E-state index in [4.69, 9.17) is 0 Å². The largest absolute Gasteiger partial charge is 0.317 e. The molecule has 1 aliphatic rings. The van der Waals surface area contributed by atoms with Crippen LogP contribution in [0.2, 0.25) is 0 Å². The van der Waals surface area contributed by atoms with Crippen molar-refractivity contribution in [1.29, 1.82) is 0 Å². The number of nitrogens with one attached hydrogen (secondary N) is 1. The van der Waals surface area contributed by atoms with E-state index in [-0.39, 0.29) is 0 Å². The lowest BCUT2D eigenvalue weighted by molar-refractivity contribution is 0.128. The van der Waals surface area contributed by atoms with Crippen molar-refractivity contribution in [3.8, 4) is 0 Å². The summed E-state index contributed by atoms with van der Waals surface area (Å²) in [6.07, 6.45) is 6.89. The van der Waals surface area contributed by atoms with Crippen LogP contribution in [0.5, 0.6) is 0 Å². The van der Waals surface area contributed by atoms with Gasteiger partial charge in [0.05, 0.1) is 0 Å². The zero-order chi connectivity index (χ0) is 13.8. The van der Waals surface area contributed by atoms with Crippen LogP contribution in [0.3, 0.4) is 0 Å². The zero-order valence-electron chi connectivity index (χ0n) is 13.6. The highest BCUT2D eigenvalue weighted by atomic mass is 14.9. The highest BCUT2D eigenvalue weighted by Crippen LogP contribution is 2.42. The van der Waals surface area contributed by atoms with Crippen molar-refractivity contribution in [3.63, 3.8) is 0 Å². The van der Waals surface area contributed by atoms with Gasteiger partial charge in [-0.25, -0.2) is 0 Å². The van der Waals surface area contributed by atoms with Crippen molar-refractivity contribution < 1.29 is 0 Å². The Labute approximate surface area is 115 Å². The first kappa shape index (κ1) is 16.0. The molecule has 18 heavy (non-hydrogen) atoms. The Balaban J connectivity index is 2.46. The molecule has 0 unspecified atom stereocenters. The minimum atomic E-state index is 0.491. The van der Waals surface area contributed by atoms with Gasteiger partial charge in [0.25, 0.3) is 0 Å². The summed E-state index contributed by atoms with van der Waals surface area (Å²) in [5.74, 6) is 1.77. The first-order valence-electron chi connectivity index (χ1n) is 7.91. The highest BCUT2D eigenvalue weighted by Gasteiger charge is 2.31. The third-order valence-corrected chi connectivity index (χ3v) is 4.22. The Morgan fingerprint density at radius 2 is 1.56 bits per heavy atom. The van der Waals surface area contributed by atoms with E-state index in [1.54, 1.807) is 0 Å². The van der Waals surface area contributed by atoms with Crippen LogP contribution in [0, 0.1) is 22.7 Å². The molecule has 108 valence electrons. The van der Waals surface area contributed by atoms with Gasteiger partial charge in [-0.05, 0) is 67.9 Å². The lowest BCUT2D eigenvalue weighted by Crippen LogP contribution is -2.32. The quantitative estimate of drug-likeness (QED) is 0.712. The second-order valence-corrected chi connectivity index (χ2v) is 8.50. The van der Waals surface area contributed by atoms with Gasteiger partial charge in [0.15, 0.2) is 0 Å². The maximum Gasteiger partial charge on any atom is -0.00463 e. The SMILES string of the molecule is CC(C)CC(C)(C)CC(C)(C)CC1CCNCC1. The summed E-state index contributed by atoms with van der Waals surface area (Å²) in [7, 11) is 0. The number of piperidine rings is 1. The van der Waals surface area contributed by atoms with Crippen LogP contribution in [0.15, 0.2) is 0 Å². The molecule has 1 aliphatic heterocycles. The Hall–Kier alpha value is -0.0400. The van der Waals surface area contributed by atoms with Crippen molar-refractivity contribution in [1.82, 2.24) is 5.32 Å². The monoisotopic (exact) mass is 253 g/mol. The van der Waals surface area contributed by atoms with Crippen LogP contribution >= 0.6 is 0 Å². The van der Waals surface area contributed by atoms with Gasteiger partial charge in [-0.3, -0.25) is 0 Å². The molecule has 0 aliphatic carbocycles. The third-order valence-electron chi connectivity index (χ3n) is 4.22. The molecule has 0 bridgehead atoms. The lowest BCUT2D eigenvalue weighted by Gasteiger charge is -2.39. The molecule has 0 aromatic heterocycles. The minimum absolute atomic E-state index is 0.491. The molecule has 0 saturated carbocycles. The van der Waals surface area contributed by atoms with E-state index in [2.05, 4.69) is 46.9 Å². The highest BCUT2D eigenvalue weighted by molar-refractivity contribution is 4.83. The summed E-state index contributed by atoms with van der Waals surface area (Å²) in [4.78, 5) is 0. The Kier molecular flexibility index (Phi) is 5.70. The normalized spacial score (nSPS) is 19.5. The van der Waals surface area contributed by atoms with Gasteiger partial charge in [-0.2, -0.15) is 0 Å². The molecule has 1 nitrogen and oxygen atoms in total. The average Bonchev–Trinajstić information content (AvgIpc) is 2.13. The number of hydrogen-bond acceptors (Lipinski definition) is 1. The van der Waals surface area contributed by atoms with E-state index in [1.165, 1.54) is 45.2 Å². The summed E-state index contributed by atoms with van der Waals surface area (Å²) in [5.41, 5.74) is 0.991. The summed E-state index contributed by atoms with van der Waals surface area (Å²) < 4.78 is 0. The predicted molar refractivity (Wildman–Crippen MR) is 81.8 cm³/mol. The van der Waals surface area contributed by atoms with E-state index in [0.717, 1.165) is 11.8 Å². The van der Waals surface area contributed by atoms with Crippen molar-refractivity contribution >= 4 is 0 Å². The topological polar surface area (TPSA) is 12.0 Å². The number of hydrogen-bond donors (Lipinski definition) is 1. The van der Waals surface area contributed by atoms with Crippen LogP contribution in [0.4, 0.5) is 0 Å². The first-order chi connectivity index (χ1) is 8.20. The van der Waals surface area contributed by atoms with Crippen molar-refractivity contribution in [2.45, 2.75) is 73.6 Å². The fourth-order valence-electron chi connectivity index (χ4n) is 4.41. The van der Waals surface area contributed by atoms with E-state index in [1.807, 2.05) is 0 Å². The van der Waals surface area contributed by atoms with Crippen LogP contribution in [-0.4, -0.2) is 13.1 Å². The number of rotatable bonds is 6. The summed E-state index contributed by atoms with van der Waals surface area (Å²) in [5, 5.41) is 3.47. The molecule has 1 N–H and O–H groups in total. The van der Waals surface area contributed by atoms with Gasteiger partial charge >= 0.3 is 0 Å². The second kappa shape index (κ2) is 6.41. The van der Waals surface area contributed by atoms with E-state index >= 15 is 0 Å². The van der Waals surface area contributed by atoms with Gasteiger partial charge < -0.3 is 5.32 Å². The van der Waals surface area contributed by atoms with E-state index in [0.29, 0.717) is 10.8 Å². The smallest absolute Gasteiger partial charge is 0.00463 e. The van der Waals surface area contributed by atoms with Crippen LogP contribution in [0.25, 0.3) is 0 Å². The van der Waals surface area contributed by atoms with Gasteiger partial charge in [0.2, 0.25) is 0 Å². The van der Waals surface area contributed by atoms with Crippen molar-refractivity contribution in [2.75, 3.05) is 13.1 Å². The molecule has 1 saturated heterocycles. The molecular formula is C17H35N. The molecular weight excluding hydrogens is 218 g/mol. The maximum absolute atomic E-state index is 3.47. The molecule has 0 amide bonds. The maximum atomic E-state index is 3.47. The molecule has 0 aromatic carbocycles. The van der Waals surface area contributed by atoms with Crippen LogP contribution < -0.4 is 5.32 Å². The van der Waals surface area contributed by atoms with Crippen molar-refractivity contribution in [2.24, 2.45) is 22.7 Å². The third kappa shape index (κ3) is 6.22. The summed E-state index contributed by atoms with van der Waals surface area (Å²) in [6.45, 7) is 17.0. The molecule has 1 rings (SSSR count). The van der Waals surface area contributed by atoms with E-state index < -0.39 is 0 Å². The Morgan fingerprint density at radius 1 is 1.00 bits per heavy atom. The fraction of sp³-hybridized carbons (Fsp3) is 1.00. The standard InChI is InChI=1S/C17H35N/c1-14(2)11-16(3,4)13-17(5,6)12-15-7-9-18-10-8-15/h14-15,18H,7-13H2,1-6H3. The van der Waals surface area contributed by atoms with Gasteiger partial charge in [0, 0.05) is 0 Å². The van der Waals surface area contributed by atoms with Gasteiger partial charge in [-0.15, -0.1) is 0 Å². The molecule has 0 spiro atoms. The zero-order valence-corrected chi connectivity index (χ0v) is 13.6. The van der Waals surface area contributed by atoms with Crippen LogP contribution in [-0.2, 0) is 0 Å². The molecule has 1 fully saturated rings. The second-order valence-electron chi connectivity index (χ2n) is 8.50. The molecule has 1 heteroatoms. The van der Waals surface area contributed by atoms with E-state index in [9.17, 15) is 0 Å². The molecule has 0 atom stereocenters. The van der Waals surface area contributed by atoms with Gasteiger partial charge in [0.1, 0.15) is 0 Å². The summed E-state index contributed by atoms with van der Waals surface area (Å²) >= 11 is 0. The Morgan fingerprint density at radius 3 is 2.06 bits per heavy atom. The van der Waals surface area contributed by atoms with Crippen LogP contribution in [0.1, 0.15) is 73.6 Å².